The lowest BCUT2D eigenvalue weighted by Crippen LogP contribution is -2.26. The molecule has 15 heavy (non-hydrogen) atoms. The lowest BCUT2D eigenvalue weighted by Gasteiger charge is -2.21. The van der Waals surface area contributed by atoms with Gasteiger partial charge in [0.25, 0.3) is 0 Å². The third-order valence-corrected chi connectivity index (χ3v) is 3.44. The summed E-state index contributed by atoms with van der Waals surface area (Å²) in [7, 11) is 0. The van der Waals surface area contributed by atoms with E-state index in [-0.39, 0.29) is 11.2 Å². The first-order chi connectivity index (χ1) is 7.20. The number of carbonyl (C=O) groups is 1. The van der Waals surface area contributed by atoms with E-state index in [1.807, 2.05) is 25.1 Å². The number of nitrogens with one attached hydrogen (secondary N) is 1. The third kappa shape index (κ3) is 1.97. The molecular formula is C11H10N2OS. The summed E-state index contributed by atoms with van der Waals surface area (Å²) in [5.74, 6) is 0.0293. The zero-order chi connectivity index (χ0) is 10.8. The van der Waals surface area contributed by atoms with Crippen LogP contribution in [0.2, 0.25) is 0 Å². The van der Waals surface area contributed by atoms with Crippen molar-refractivity contribution >= 4 is 23.4 Å². The largest absolute Gasteiger partial charge is 0.324 e. The SMILES string of the molecule is CC1Sc2ccc(CC#N)cc2NC1=O. The van der Waals surface area contributed by atoms with Crippen molar-refractivity contribution in [3.8, 4) is 6.07 Å². The highest BCUT2D eigenvalue weighted by Gasteiger charge is 2.22. The van der Waals surface area contributed by atoms with Gasteiger partial charge in [-0.25, -0.2) is 0 Å². The van der Waals surface area contributed by atoms with Gasteiger partial charge in [0.2, 0.25) is 5.91 Å². The molecule has 4 heteroatoms. The Bertz CT molecular complexity index is 450. The Morgan fingerprint density at radius 3 is 3.13 bits per heavy atom. The number of benzene rings is 1. The Morgan fingerprint density at radius 2 is 2.40 bits per heavy atom. The first-order valence-corrected chi connectivity index (χ1v) is 5.56. The van der Waals surface area contributed by atoms with Crippen LogP contribution in [-0.2, 0) is 11.2 Å². The van der Waals surface area contributed by atoms with Crippen LogP contribution in [0.4, 0.5) is 5.69 Å². The minimum Gasteiger partial charge on any atom is -0.324 e. The van der Waals surface area contributed by atoms with Crippen LogP contribution in [0.3, 0.4) is 0 Å². The second kappa shape index (κ2) is 3.95. The van der Waals surface area contributed by atoms with Crippen LogP contribution in [0.15, 0.2) is 23.1 Å². The summed E-state index contributed by atoms with van der Waals surface area (Å²) in [4.78, 5) is 12.5. The van der Waals surface area contributed by atoms with Crippen molar-refractivity contribution < 1.29 is 4.79 Å². The van der Waals surface area contributed by atoms with Crippen molar-refractivity contribution in [2.75, 3.05) is 5.32 Å². The molecule has 1 unspecified atom stereocenters. The van der Waals surface area contributed by atoms with Gasteiger partial charge in [0.15, 0.2) is 0 Å². The summed E-state index contributed by atoms with van der Waals surface area (Å²) < 4.78 is 0. The van der Waals surface area contributed by atoms with E-state index in [0.717, 1.165) is 16.1 Å². The van der Waals surface area contributed by atoms with Gasteiger partial charge in [-0.05, 0) is 24.6 Å². The van der Waals surface area contributed by atoms with Gasteiger partial charge in [-0.15, -0.1) is 11.8 Å². The number of carbonyl (C=O) groups excluding carboxylic acids is 1. The molecule has 1 aliphatic heterocycles. The van der Waals surface area contributed by atoms with E-state index in [1.165, 1.54) is 0 Å². The second-order valence-electron chi connectivity index (χ2n) is 3.41. The van der Waals surface area contributed by atoms with E-state index in [2.05, 4.69) is 11.4 Å². The first kappa shape index (κ1) is 10.1. The molecule has 3 nitrogen and oxygen atoms in total. The number of thioether (sulfide) groups is 1. The van der Waals surface area contributed by atoms with Crippen LogP contribution in [0.25, 0.3) is 0 Å². The quantitative estimate of drug-likeness (QED) is 0.786. The zero-order valence-electron chi connectivity index (χ0n) is 8.28. The molecule has 0 spiro atoms. The zero-order valence-corrected chi connectivity index (χ0v) is 9.10. The van der Waals surface area contributed by atoms with Crippen LogP contribution >= 0.6 is 11.8 Å². The van der Waals surface area contributed by atoms with Crippen LogP contribution < -0.4 is 5.32 Å². The van der Waals surface area contributed by atoms with Gasteiger partial charge in [0, 0.05) is 4.90 Å². The minimum atomic E-state index is -0.0423. The molecule has 0 saturated carbocycles. The Balaban J connectivity index is 2.34. The fourth-order valence-electron chi connectivity index (χ4n) is 1.46. The maximum Gasteiger partial charge on any atom is 0.237 e. The standard InChI is InChI=1S/C11H10N2OS/c1-7-11(14)13-9-6-8(4-5-12)2-3-10(9)15-7/h2-3,6-7H,4H2,1H3,(H,13,14). The highest BCUT2D eigenvalue weighted by molar-refractivity contribution is 8.00. The van der Waals surface area contributed by atoms with Crippen molar-refractivity contribution in [3.05, 3.63) is 23.8 Å². The van der Waals surface area contributed by atoms with Crippen LogP contribution in [-0.4, -0.2) is 11.2 Å². The molecule has 1 aromatic rings. The fourth-order valence-corrected chi connectivity index (χ4v) is 2.39. The molecule has 1 heterocycles. The Kier molecular flexibility index (Phi) is 2.65. The molecule has 0 aliphatic carbocycles. The van der Waals surface area contributed by atoms with Gasteiger partial charge in [-0.2, -0.15) is 5.26 Å². The number of rotatable bonds is 1. The van der Waals surface area contributed by atoms with Crippen LogP contribution in [0.5, 0.6) is 0 Å². The maximum atomic E-state index is 11.4. The predicted molar refractivity (Wildman–Crippen MR) is 59.7 cm³/mol. The Labute approximate surface area is 92.5 Å². The molecule has 0 aromatic heterocycles. The van der Waals surface area contributed by atoms with E-state index in [1.54, 1.807) is 11.8 Å². The minimum absolute atomic E-state index is 0.0293. The Morgan fingerprint density at radius 1 is 1.60 bits per heavy atom. The molecule has 1 aromatic carbocycles. The molecule has 2 rings (SSSR count). The smallest absolute Gasteiger partial charge is 0.237 e. The molecule has 1 amide bonds. The number of hydrogen-bond donors (Lipinski definition) is 1. The van der Waals surface area contributed by atoms with Crippen LogP contribution in [0, 0.1) is 11.3 Å². The number of nitriles is 1. The second-order valence-corrected chi connectivity index (χ2v) is 4.80. The molecule has 1 aliphatic rings. The molecule has 1 N–H and O–H groups in total. The van der Waals surface area contributed by atoms with Gasteiger partial charge in [-0.1, -0.05) is 6.07 Å². The molecule has 0 fully saturated rings. The number of fused-ring (bicyclic) bond motifs is 1. The van der Waals surface area contributed by atoms with Crippen molar-refractivity contribution in [1.82, 2.24) is 0 Å². The number of nitrogens with zero attached hydrogens (tertiary/aromatic N) is 1. The molecule has 0 radical (unpaired) electrons. The lowest BCUT2D eigenvalue weighted by molar-refractivity contribution is -0.115. The average Bonchev–Trinajstić information content (AvgIpc) is 2.21. The average molecular weight is 218 g/mol. The van der Waals surface area contributed by atoms with Gasteiger partial charge in [0.1, 0.15) is 0 Å². The van der Waals surface area contributed by atoms with E-state index >= 15 is 0 Å². The van der Waals surface area contributed by atoms with Crippen molar-refractivity contribution in [2.24, 2.45) is 0 Å². The van der Waals surface area contributed by atoms with E-state index < -0.39 is 0 Å². The third-order valence-electron chi connectivity index (χ3n) is 2.26. The van der Waals surface area contributed by atoms with E-state index in [4.69, 9.17) is 5.26 Å². The number of anilines is 1. The fraction of sp³-hybridized carbons (Fsp3) is 0.273. The highest BCUT2D eigenvalue weighted by Crippen LogP contribution is 2.35. The molecule has 76 valence electrons. The van der Waals surface area contributed by atoms with Gasteiger partial charge >= 0.3 is 0 Å². The normalized spacial score (nSPS) is 18.9. The van der Waals surface area contributed by atoms with Gasteiger partial charge < -0.3 is 5.32 Å². The maximum absolute atomic E-state index is 11.4. The summed E-state index contributed by atoms with van der Waals surface area (Å²) in [5.41, 5.74) is 1.77. The Hall–Kier alpha value is -1.47. The summed E-state index contributed by atoms with van der Waals surface area (Å²) in [6.07, 6.45) is 0.378. The lowest BCUT2D eigenvalue weighted by atomic mass is 10.1. The monoisotopic (exact) mass is 218 g/mol. The van der Waals surface area contributed by atoms with E-state index in [0.29, 0.717) is 6.42 Å². The highest BCUT2D eigenvalue weighted by atomic mass is 32.2. The number of hydrogen-bond acceptors (Lipinski definition) is 3. The van der Waals surface area contributed by atoms with Gasteiger partial charge in [-0.3, -0.25) is 4.79 Å². The van der Waals surface area contributed by atoms with E-state index in [9.17, 15) is 4.79 Å². The summed E-state index contributed by atoms with van der Waals surface area (Å²) in [5, 5.41) is 11.4. The first-order valence-electron chi connectivity index (χ1n) is 4.68. The topological polar surface area (TPSA) is 52.9 Å². The van der Waals surface area contributed by atoms with Gasteiger partial charge in [0.05, 0.1) is 23.4 Å². The molecule has 0 saturated heterocycles. The van der Waals surface area contributed by atoms with Crippen molar-refractivity contribution in [1.29, 1.82) is 5.26 Å². The predicted octanol–water partition coefficient (Wildman–Crippen LogP) is 2.19. The van der Waals surface area contributed by atoms with Crippen LogP contribution in [0.1, 0.15) is 12.5 Å². The molecule has 0 bridgehead atoms. The molecule has 1 atom stereocenters. The molecular weight excluding hydrogens is 208 g/mol. The van der Waals surface area contributed by atoms with Crippen molar-refractivity contribution in [3.63, 3.8) is 0 Å². The van der Waals surface area contributed by atoms with Crippen molar-refractivity contribution in [2.45, 2.75) is 23.5 Å². The summed E-state index contributed by atoms with van der Waals surface area (Å²) in [6.45, 7) is 1.88. The number of amides is 1. The summed E-state index contributed by atoms with van der Waals surface area (Å²) >= 11 is 1.55. The summed E-state index contributed by atoms with van der Waals surface area (Å²) in [6, 6.07) is 7.85.